The maximum atomic E-state index is 13.4. The minimum atomic E-state index is -1.28. The van der Waals surface area contributed by atoms with E-state index in [-0.39, 0.29) is 12.1 Å². The van der Waals surface area contributed by atoms with Crippen molar-refractivity contribution >= 4 is 0 Å². The van der Waals surface area contributed by atoms with Crippen LogP contribution in [-0.4, -0.2) is 30.9 Å². The number of aliphatic hydroxyl groups excluding tert-OH is 1. The van der Waals surface area contributed by atoms with E-state index in [0.717, 1.165) is 7.11 Å². The van der Waals surface area contributed by atoms with Crippen LogP contribution in [0, 0.1) is 11.6 Å². The molecule has 1 unspecified atom stereocenters. The lowest BCUT2D eigenvalue weighted by Crippen LogP contribution is -2.18. The second-order valence-electron chi connectivity index (χ2n) is 3.21. The molecule has 3 N–H and O–H groups in total. The van der Waals surface area contributed by atoms with Crippen LogP contribution in [0.2, 0.25) is 0 Å². The molecule has 90 valence electrons. The standard InChI is InChI=1S/C10H13F2NO3/c1-13-4-7(14)8-5(11)3-6(12)10(16-2)9(8)15/h3,7,13-15H,4H2,1-2H3. The fourth-order valence-electron chi connectivity index (χ4n) is 1.41. The Balaban J connectivity index is 3.27. The van der Waals surface area contributed by atoms with Crippen LogP contribution in [0.5, 0.6) is 11.5 Å². The summed E-state index contributed by atoms with van der Waals surface area (Å²) < 4.78 is 31.1. The Labute approximate surface area is 91.5 Å². The average Bonchev–Trinajstić information content (AvgIpc) is 2.17. The second-order valence-corrected chi connectivity index (χ2v) is 3.21. The van der Waals surface area contributed by atoms with Gasteiger partial charge in [0.2, 0.25) is 0 Å². The zero-order valence-electron chi connectivity index (χ0n) is 8.92. The normalized spacial score (nSPS) is 12.6. The molecule has 0 saturated heterocycles. The Hall–Kier alpha value is -1.40. The highest BCUT2D eigenvalue weighted by molar-refractivity contribution is 5.48. The Kier molecular flexibility index (Phi) is 4.03. The van der Waals surface area contributed by atoms with Crippen LogP contribution in [0.3, 0.4) is 0 Å². The molecule has 0 bridgehead atoms. The summed E-state index contributed by atoms with van der Waals surface area (Å²) in [6, 6.07) is 0.562. The summed E-state index contributed by atoms with van der Waals surface area (Å²) >= 11 is 0. The van der Waals surface area contributed by atoms with Crippen LogP contribution in [-0.2, 0) is 0 Å². The quantitative estimate of drug-likeness (QED) is 0.724. The van der Waals surface area contributed by atoms with Crippen LogP contribution in [0.4, 0.5) is 8.78 Å². The molecule has 1 rings (SSSR count). The summed E-state index contributed by atoms with van der Waals surface area (Å²) in [5.41, 5.74) is -0.382. The van der Waals surface area contributed by atoms with Crippen molar-refractivity contribution in [1.82, 2.24) is 5.32 Å². The Morgan fingerprint density at radius 1 is 1.44 bits per heavy atom. The number of methoxy groups -OCH3 is 1. The van der Waals surface area contributed by atoms with E-state index in [1.54, 1.807) is 7.05 Å². The van der Waals surface area contributed by atoms with Gasteiger partial charge >= 0.3 is 0 Å². The number of aromatic hydroxyl groups is 1. The SMILES string of the molecule is CNCC(O)c1c(F)cc(F)c(OC)c1O. The van der Waals surface area contributed by atoms with Gasteiger partial charge in [-0.3, -0.25) is 0 Å². The number of halogens is 2. The maximum Gasteiger partial charge on any atom is 0.197 e. The summed E-state index contributed by atoms with van der Waals surface area (Å²) in [4.78, 5) is 0. The maximum absolute atomic E-state index is 13.4. The lowest BCUT2D eigenvalue weighted by Gasteiger charge is -2.15. The van der Waals surface area contributed by atoms with E-state index in [9.17, 15) is 19.0 Å². The van der Waals surface area contributed by atoms with Crippen molar-refractivity contribution in [3.63, 3.8) is 0 Å². The van der Waals surface area contributed by atoms with Gasteiger partial charge in [-0.25, -0.2) is 8.78 Å². The van der Waals surface area contributed by atoms with Gasteiger partial charge in [-0.15, -0.1) is 0 Å². The Morgan fingerprint density at radius 3 is 2.56 bits per heavy atom. The van der Waals surface area contributed by atoms with Crippen LogP contribution in [0.25, 0.3) is 0 Å². The lowest BCUT2D eigenvalue weighted by molar-refractivity contribution is 0.167. The first-order chi connectivity index (χ1) is 7.52. The van der Waals surface area contributed by atoms with Gasteiger partial charge in [0.05, 0.1) is 18.8 Å². The Morgan fingerprint density at radius 2 is 2.06 bits per heavy atom. The van der Waals surface area contributed by atoms with Gasteiger partial charge in [0.15, 0.2) is 17.3 Å². The molecule has 0 aliphatic carbocycles. The zero-order valence-corrected chi connectivity index (χ0v) is 8.92. The minimum Gasteiger partial charge on any atom is -0.504 e. The first kappa shape index (κ1) is 12.7. The largest absolute Gasteiger partial charge is 0.504 e. The molecule has 0 spiro atoms. The number of phenols is 1. The second kappa shape index (κ2) is 5.09. The molecule has 0 aromatic heterocycles. The van der Waals surface area contributed by atoms with Gasteiger partial charge in [0.25, 0.3) is 0 Å². The summed E-state index contributed by atoms with van der Waals surface area (Å²) in [6.45, 7) is 0.0271. The van der Waals surface area contributed by atoms with Gasteiger partial charge < -0.3 is 20.3 Å². The van der Waals surface area contributed by atoms with Crippen LogP contribution >= 0.6 is 0 Å². The van der Waals surface area contributed by atoms with Crippen molar-refractivity contribution in [1.29, 1.82) is 0 Å². The molecule has 0 radical (unpaired) electrons. The molecule has 4 nitrogen and oxygen atoms in total. The van der Waals surface area contributed by atoms with Gasteiger partial charge in [0.1, 0.15) is 5.82 Å². The number of rotatable bonds is 4. The summed E-state index contributed by atoms with van der Waals surface area (Å²) in [7, 11) is 2.70. The summed E-state index contributed by atoms with van der Waals surface area (Å²) in [5.74, 6) is -3.23. The van der Waals surface area contributed by atoms with Crippen LogP contribution in [0.15, 0.2) is 6.07 Å². The zero-order chi connectivity index (χ0) is 12.3. The first-order valence-corrected chi connectivity index (χ1v) is 4.60. The fourth-order valence-corrected chi connectivity index (χ4v) is 1.41. The third kappa shape index (κ3) is 2.23. The van der Waals surface area contributed by atoms with E-state index in [0.29, 0.717) is 6.07 Å². The fraction of sp³-hybridized carbons (Fsp3) is 0.400. The lowest BCUT2D eigenvalue weighted by atomic mass is 10.1. The van der Waals surface area contributed by atoms with Crippen LogP contribution < -0.4 is 10.1 Å². The molecule has 16 heavy (non-hydrogen) atoms. The molecule has 1 aromatic carbocycles. The first-order valence-electron chi connectivity index (χ1n) is 4.60. The van der Waals surface area contributed by atoms with E-state index >= 15 is 0 Å². The van der Waals surface area contributed by atoms with E-state index in [1.165, 1.54) is 0 Å². The minimum absolute atomic E-state index is 0.0271. The summed E-state index contributed by atoms with van der Waals surface area (Å²) in [6.07, 6.45) is -1.28. The van der Waals surface area contributed by atoms with Gasteiger partial charge in [-0.1, -0.05) is 0 Å². The number of phenolic OH excluding ortho intramolecular Hbond substituents is 1. The third-order valence-electron chi connectivity index (χ3n) is 2.13. The van der Waals surface area contributed by atoms with Gasteiger partial charge in [-0.2, -0.15) is 0 Å². The van der Waals surface area contributed by atoms with E-state index in [1.807, 2.05) is 0 Å². The highest BCUT2D eigenvalue weighted by atomic mass is 19.1. The number of ether oxygens (including phenoxy) is 1. The number of benzene rings is 1. The van der Waals surface area contributed by atoms with E-state index in [2.05, 4.69) is 10.1 Å². The highest BCUT2D eigenvalue weighted by Crippen LogP contribution is 2.37. The van der Waals surface area contributed by atoms with Crippen molar-refractivity contribution < 1.29 is 23.7 Å². The molecule has 0 saturated carbocycles. The monoisotopic (exact) mass is 233 g/mol. The predicted octanol–water partition coefficient (Wildman–Crippen LogP) is 0.932. The third-order valence-corrected chi connectivity index (χ3v) is 2.13. The van der Waals surface area contributed by atoms with Gasteiger partial charge in [-0.05, 0) is 7.05 Å². The van der Waals surface area contributed by atoms with Crippen molar-refractivity contribution in [2.24, 2.45) is 0 Å². The number of hydrogen-bond donors (Lipinski definition) is 3. The predicted molar refractivity (Wildman–Crippen MR) is 53.5 cm³/mol. The molecule has 0 amide bonds. The topological polar surface area (TPSA) is 61.7 Å². The van der Waals surface area contributed by atoms with Crippen molar-refractivity contribution in [2.75, 3.05) is 20.7 Å². The molecule has 0 fully saturated rings. The molecule has 0 aliphatic heterocycles. The van der Waals surface area contributed by atoms with E-state index < -0.39 is 29.2 Å². The number of likely N-dealkylation sites (N-methyl/N-ethyl adjacent to an activating group) is 1. The molecule has 6 heteroatoms. The van der Waals surface area contributed by atoms with Gasteiger partial charge in [0, 0.05) is 12.6 Å². The Bertz CT molecular complexity index is 385. The van der Waals surface area contributed by atoms with E-state index in [4.69, 9.17) is 0 Å². The molecular formula is C10H13F2NO3. The molecule has 1 aromatic rings. The molecule has 0 heterocycles. The molecule has 0 aliphatic rings. The summed E-state index contributed by atoms with van der Waals surface area (Å²) in [5, 5.41) is 21.7. The highest BCUT2D eigenvalue weighted by Gasteiger charge is 2.23. The van der Waals surface area contributed by atoms with Crippen LogP contribution in [0.1, 0.15) is 11.7 Å². The van der Waals surface area contributed by atoms with Crippen molar-refractivity contribution in [2.45, 2.75) is 6.10 Å². The smallest absolute Gasteiger partial charge is 0.197 e. The number of aliphatic hydroxyl groups is 1. The molecular weight excluding hydrogens is 220 g/mol. The van der Waals surface area contributed by atoms with Crippen molar-refractivity contribution in [3.05, 3.63) is 23.3 Å². The number of hydrogen-bond acceptors (Lipinski definition) is 4. The van der Waals surface area contributed by atoms with Crippen molar-refractivity contribution in [3.8, 4) is 11.5 Å². The average molecular weight is 233 g/mol. The number of nitrogens with one attached hydrogen (secondary N) is 1. The molecule has 1 atom stereocenters.